The van der Waals surface area contributed by atoms with E-state index in [1.54, 1.807) is 6.07 Å². The van der Waals surface area contributed by atoms with Crippen molar-refractivity contribution in [3.05, 3.63) is 43.2 Å². The van der Waals surface area contributed by atoms with Gasteiger partial charge in [-0.05, 0) is 22.5 Å². The number of nitro groups is 1. The van der Waals surface area contributed by atoms with Crippen LogP contribution in [0, 0.1) is 10.1 Å². The number of benzene rings is 1. The molecule has 0 bridgehead atoms. The quantitative estimate of drug-likeness (QED) is 0.483. The molecule has 0 amide bonds. The molecule has 0 aliphatic heterocycles. The molecule has 0 saturated heterocycles. The molecule has 0 radical (unpaired) electrons. The second-order valence-electron chi connectivity index (χ2n) is 2.85. The molecule has 0 fully saturated rings. The Morgan fingerprint density at radius 3 is 2.76 bits per heavy atom. The van der Waals surface area contributed by atoms with Gasteiger partial charge in [-0.25, -0.2) is 4.99 Å². The number of aromatic nitrogens is 1. The summed E-state index contributed by atoms with van der Waals surface area (Å²) in [7, 11) is 2.50. The first-order valence-electron chi connectivity index (χ1n) is 4.18. The van der Waals surface area contributed by atoms with Crippen molar-refractivity contribution in [2.45, 2.75) is 0 Å². The van der Waals surface area contributed by atoms with Crippen molar-refractivity contribution in [3.63, 3.8) is 0 Å². The van der Waals surface area contributed by atoms with Gasteiger partial charge in [0.15, 0.2) is 9.82 Å². The van der Waals surface area contributed by atoms with Crippen LogP contribution in [0.3, 0.4) is 0 Å². The summed E-state index contributed by atoms with van der Waals surface area (Å²) in [6.45, 7) is 0. The maximum atomic E-state index is 10.7. The van der Waals surface area contributed by atoms with Crippen LogP contribution >= 0.6 is 44.1 Å². The molecule has 0 aliphatic carbocycles. The lowest BCUT2D eigenvalue weighted by atomic mass is 10.3. The van der Waals surface area contributed by atoms with Crippen LogP contribution in [0.2, 0.25) is 10.2 Å². The highest BCUT2D eigenvalue weighted by molar-refractivity contribution is 7.66. The third kappa shape index (κ3) is 2.81. The van der Waals surface area contributed by atoms with Crippen molar-refractivity contribution in [2.24, 2.45) is 4.99 Å². The number of hydrogen-bond acceptors (Lipinski definition) is 6. The molecule has 0 saturated carbocycles. The van der Waals surface area contributed by atoms with E-state index in [-0.39, 0.29) is 15.9 Å². The van der Waals surface area contributed by atoms with Crippen molar-refractivity contribution in [3.8, 4) is 0 Å². The molecule has 1 aromatic carbocycles. The highest BCUT2D eigenvalue weighted by Gasteiger charge is 2.12. The minimum atomic E-state index is -0.557. The Morgan fingerprint density at radius 1 is 1.41 bits per heavy atom. The van der Waals surface area contributed by atoms with Crippen molar-refractivity contribution in [2.75, 3.05) is 0 Å². The predicted octanol–water partition coefficient (Wildman–Crippen LogP) is 3.65. The van der Waals surface area contributed by atoms with E-state index in [1.165, 1.54) is 33.0 Å². The van der Waals surface area contributed by atoms with Gasteiger partial charge >= 0.3 is 0 Å². The van der Waals surface area contributed by atoms with Crippen LogP contribution in [-0.2, 0) is 0 Å². The molecule has 17 heavy (non-hydrogen) atoms. The Balaban J connectivity index is 2.52. The minimum absolute atomic E-state index is 0.0761. The van der Waals surface area contributed by atoms with Crippen LogP contribution in [-0.4, -0.2) is 9.30 Å². The lowest BCUT2D eigenvalue weighted by Gasteiger charge is -1.96. The Morgan fingerprint density at radius 2 is 2.18 bits per heavy atom. The van der Waals surface area contributed by atoms with Crippen LogP contribution in [0.4, 0.5) is 11.4 Å². The fourth-order valence-corrected chi connectivity index (χ4v) is 3.23. The van der Waals surface area contributed by atoms with E-state index in [4.69, 9.17) is 23.2 Å². The number of rotatable bonds is 2. The lowest BCUT2D eigenvalue weighted by Crippen LogP contribution is -1.93. The molecule has 2 aromatic rings. The molecule has 0 spiro atoms. The molecule has 2 rings (SSSR count). The highest BCUT2D eigenvalue weighted by atomic mass is 35.5. The van der Waals surface area contributed by atoms with E-state index in [0.29, 0.717) is 10.4 Å². The van der Waals surface area contributed by atoms with Gasteiger partial charge in [0, 0.05) is 16.6 Å². The van der Waals surface area contributed by atoms with Crippen LogP contribution in [0.1, 0.15) is 0 Å². The topological polar surface area (TPSA) is 68.4 Å². The number of nitrogens with zero attached hydrogens (tertiary/aromatic N) is 3. The third-order valence-corrected chi connectivity index (χ3v) is 4.26. The van der Waals surface area contributed by atoms with E-state index in [9.17, 15) is 10.1 Å². The summed E-state index contributed by atoms with van der Waals surface area (Å²) in [6, 6.07) is 4.30. The Labute approximate surface area is 113 Å². The predicted molar refractivity (Wildman–Crippen MR) is 68.3 cm³/mol. The van der Waals surface area contributed by atoms with Crippen molar-refractivity contribution < 1.29 is 4.92 Å². The molecule has 0 aliphatic rings. The molecule has 5 nitrogen and oxygen atoms in total. The molecule has 1 heterocycles. The maximum absolute atomic E-state index is 10.7. The molecule has 0 N–H and O–H groups in total. The summed E-state index contributed by atoms with van der Waals surface area (Å²) in [6.07, 6.45) is 0. The first-order valence-corrected chi connectivity index (χ1v) is 7.04. The summed E-state index contributed by atoms with van der Waals surface area (Å²) in [5.41, 5.74) is 0.233. The second kappa shape index (κ2) is 5.09. The summed E-state index contributed by atoms with van der Waals surface area (Å²) in [5.74, 6) is 0. The average molecular weight is 308 g/mol. The van der Waals surface area contributed by atoms with Crippen LogP contribution in [0.5, 0.6) is 0 Å². The van der Waals surface area contributed by atoms with Gasteiger partial charge in [0.1, 0.15) is 5.02 Å². The highest BCUT2D eigenvalue weighted by Crippen LogP contribution is 2.28. The zero-order valence-electron chi connectivity index (χ0n) is 7.96. The van der Waals surface area contributed by atoms with Gasteiger partial charge in [-0.2, -0.15) is 4.37 Å². The van der Waals surface area contributed by atoms with Gasteiger partial charge in [-0.1, -0.05) is 23.2 Å². The Kier molecular flexibility index (Phi) is 3.72. The molecule has 88 valence electrons. The normalized spacial score (nSPS) is 11.8. The third-order valence-electron chi connectivity index (χ3n) is 1.77. The number of nitro benzene ring substituents is 1. The minimum Gasteiger partial charge on any atom is -0.258 e. The van der Waals surface area contributed by atoms with Gasteiger partial charge in [0.05, 0.1) is 10.6 Å². The standard InChI is InChI=1S/C8H3Cl2N3O2S2/c9-5-2-1-4(3-6(5)13(14)15)11-8-7(10)12-17-16-8/h1-3H. The Bertz CT molecular complexity index is 638. The maximum Gasteiger partial charge on any atom is 0.290 e. The summed E-state index contributed by atoms with van der Waals surface area (Å²) in [4.78, 5) is 14.3. The first kappa shape index (κ1) is 12.4. The van der Waals surface area contributed by atoms with Crippen molar-refractivity contribution in [1.29, 1.82) is 0 Å². The zero-order valence-corrected chi connectivity index (χ0v) is 11.1. The molecule has 0 atom stereocenters. The van der Waals surface area contributed by atoms with Gasteiger partial charge in [-0.15, -0.1) is 0 Å². The number of hydrogen-bond donors (Lipinski definition) is 0. The van der Waals surface area contributed by atoms with E-state index in [0.717, 1.165) is 0 Å². The van der Waals surface area contributed by atoms with Gasteiger partial charge in [0.2, 0.25) is 0 Å². The van der Waals surface area contributed by atoms with Gasteiger partial charge < -0.3 is 0 Å². The van der Waals surface area contributed by atoms with E-state index >= 15 is 0 Å². The molecule has 9 heteroatoms. The fraction of sp³-hybridized carbons (Fsp3) is 0. The van der Waals surface area contributed by atoms with E-state index < -0.39 is 4.92 Å². The Hall–Kier alpha value is -1.02. The van der Waals surface area contributed by atoms with Crippen LogP contribution in [0.15, 0.2) is 23.2 Å². The molecule has 0 unspecified atom stereocenters. The van der Waals surface area contributed by atoms with E-state index in [1.807, 2.05) is 0 Å². The molecule has 1 aromatic heterocycles. The fourth-order valence-electron chi connectivity index (χ4n) is 1.05. The largest absolute Gasteiger partial charge is 0.290 e. The van der Waals surface area contributed by atoms with Gasteiger partial charge in [0.25, 0.3) is 5.69 Å². The van der Waals surface area contributed by atoms with E-state index in [2.05, 4.69) is 9.37 Å². The molecular formula is C8H3Cl2N3O2S2. The summed E-state index contributed by atoms with van der Waals surface area (Å²) >= 11 is 11.5. The number of halogens is 2. The first-order chi connectivity index (χ1) is 8.08. The lowest BCUT2D eigenvalue weighted by molar-refractivity contribution is -0.384. The smallest absolute Gasteiger partial charge is 0.258 e. The SMILES string of the molecule is O=[N+]([O-])c1cc(N=c2ssnc2Cl)ccc1Cl. The van der Waals surface area contributed by atoms with Gasteiger partial charge in [-0.3, -0.25) is 10.1 Å². The second-order valence-corrected chi connectivity index (χ2v) is 5.45. The van der Waals surface area contributed by atoms with Crippen molar-refractivity contribution >= 4 is 55.5 Å². The summed E-state index contributed by atoms with van der Waals surface area (Å²) < 4.78 is 4.38. The average Bonchev–Trinajstić information content (AvgIpc) is 2.67. The van der Waals surface area contributed by atoms with Crippen molar-refractivity contribution in [1.82, 2.24) is 4.37 Å². The van der Waals surface area contributed by atoms with Crippen LogP contribution in [0.25, 0.3) is 0 Å². The molecular weight excluding hydrogens is 305 g/mol. The monoisotopic (exact) mass is 307 g/mol. The zero-order chi connectivity index (χ0) is 12.4. The van der Waals surface area contributed by atoms with Crippen LogP contribution < -0.4 is 4.67 Å². The summed E-state index contributed by atoms with van der Waals surface area (Å²) in [5, 5.41) is 11.1.